The van der Waals surface area contributed by atoms with Crippen LogP contribution in [0.3, 0.4) is 0 Å². The molecule has 18 heavy (non-hydrogen) atoms. The summed E-state index contributed by atoms with van der Waals surface area (Å²) in [7, 11) is -3.22. The summed E-state index contributed by atoms with van der Waals surface area (Å²) >= 11 is 0. The van der Waals surface area contributed by atoms with Crippen molar-refractivity contribution in [1.29, 1.82) is 0 Å². The maximum Gasteiger partial charge on any atom is 0.216 e. The average Bonchev–Trinajstić information content (AvgIpc) is 2.34. The number of amides is 1. The minimum atomic E-state index is -3.22. The predicted octanol–water partition coefficient (Wildman–Crippen LogP) is -0.426. The van der Waals surface area contributed by atoms with Crippen molar-refractivity contribution < 1.29 is 13.2 Å². The van der Waals surface area contributed by atoms with Crippen LogP contribution in [0.4, 0.5) is 0 Å². The first kappa shape index (κ1) is 15.4. The molecular formula is C11H23N3O3S. The van der Waals surface area contributed by atoms with Crippen molar-refractivity contribution in [2.24, 2.45) is 0 Å². The van der Waals surface area contributed by atoms with E-state index in [0.717, 1.165) is 13.0 Å². The molecule has 1 amide bonds. The van der Waals surface area contributed by atoms with Crippen LogP contribution in [0.5, 0.6) is 0 Å². The van der Waals surface area contributed by atoms with Crippen molar-refractivity contribution in [1.82, 2.24) is 15.4 Å². The number of hydrogen-bond donors (Lipinski definition) is 3. The largest absolute Gasteiger partial charge is 0.355 e. The zero-order valence-corrected chi connectivity index (χ0v) is 11.7. The van der Waals surface area contributed by atoms with Crippen LogP contribution in [0.15, 0.2) is 0 Å². The summed E-state index contributed by atoms with van der Waals surface area (Å²) in [5, 5.41) is 5.87. The molecule has 0 aromatic rings. The second-order valence-corrected chi connectivity index (χ2v) is 6.56. The average molecular weight is 277 g/mol. The number of carbonyl (C=O) groups excluding carboxylic acids is 1. The molecule has 1 atom stereocenters. The van der Waals surface area contributed by atoms with E-state index in [1.165, 1.54) is 19.8 Å². The van der Waals surface area contributed by atoms with E-state index in [1.807, 2.05) is 0 Å². The molecule has 0 aromatic heterocycles. The van der Waals surface area contributed by atoms with Gasteiger partial charge >= 0.3 is 0 Å². The lowest BCUT2D eigenvalue weighted by atomic mass is 10.0. The maximum atomic E-state index is 11.7. The summed E-state index contributed by atoms with van der Waals surface area (Å²) in [6, 6.07) is 0.325. The van der Waals surface area contributed by atoms with Gasteiger partial charge in [0.05, 0.1) is 5.75 Å². The zero-order valence-electron chi connectivity index (χ0n) is 10.9. The summed E-state index contributed by atoms with van der Waals surface area (Å²) in [6.07, 6.45) is 4.06. The van der Waals surface area contributed by atoms with E-state index in [2.05, 4.69) is 15.4 Å². The van der Waals surface area contributed by atoms with Gasteiger partial charge < -0.3 is 10.6 Å². The van der Waals surface area contributed by atoms with Gasteiger partial charge in [0, 0.05) is 26.1 Å². The van der Waals surface area contributed by atoms with Gasteiger partial charge in [0.1, 0.15) is 0 Å². The fraction of sp³-hybridized carbons (Fsp3) is 0.909. The quantitative estimate of drug-likeness (QED) is 0.551. The first-order chi connectivity index (χ1) is 8.49. The molecule has 106 valence electrons. The van der Waals surface area contributed by atoms with Crippen molar-refractivity contribution in [3.63, 3.8) is 0 Å². The number of piperidine rings is 1. The van der Waals surface area contributed by atoms with E-state index in [4.69, 9.17) is 0 Å². The Hall–Kier alpha value is -0.660. The lowest BCUT2D eigenvalue weighted by molar-refractivity contribution is -0.118. The number of hydrogen-bond acceptors (Lipinski definition) is 4. The molecular weight excluding hydrogens is 254 g/mol. The lowest BCUT2D eigenvalue weighted by Gasteiger charge is -2.23. The molecule has 3 N–H and O–H groups in total. The van der Waals surface area contributed by atoms with Crippen LogP contribution in [-0.4, -0.2) is 45.8 Å². The minimum absolute atomic E-state index is 0.144. The Morgan fingerprint density at radius 1 is 1.33 bits per heavy atom. The van der Waals surface area contributed by atoms with E-state index in [-0.39, 0.29) is 18.2 Å². The molecule has 1 unspecified atom stereocenters. The lowest BCUT2D eigenvalue weighted by Crippen LogP contribution is -2.38. The number of rotatable bonds is 7. The van der Waals surface area contributed by atoms with Crippen LogP contribution in [0.1, 0.15) is 32.6 Å². The van der Waals surface area contributed by atoms with Gasteiger partial charge in [-0.1, -0.05) is 6.42 Å². The molecule has 0 aliphatic carbocycles. The van der Waals surface area contributed by atoms with Gasteiger partial charge in [-0.15, -0.1) is 0 Å². The molecule has 6 nitrogen and oxygen atoms in total. The zero-order chi connectivity index (χ0) is 13.4. The van der Waals surface area contributed by atoms with Gasteiger partial charge in [-0.25, -0.2) is 13.1 Å². The van der Waals surface area contributed by atoms with Gasteiger partial charge in [-0.2, -0.15) is 0 Å². The minimum Gasteiger partial charge on any atom is -0.355 e. The number of sulfonamides is 1. The van der Waals surface area contributed by atoms with Crippen LogP contribution < -0.4 is 15.4 Å². The summed E-state index contributed by atoms with van der Waals surface area (Å²) in [5.74, 6) is -0.00863. The van der Waals surface area contributed by atoms with Crippen LogP contribution in [-0.2, 0) is 14.8 Å². The Morgan fingerprint density at radius 2 is 2.11 bits per heavy atom. The molecule has 7 heteroatoms. The van der Waals surface area contributed by atoms with Crippen LogP contribution in [0.25, 0.3) is 0 Å². The summed E-state index contributed by atoms with van der Waals surface area (Å²) in [4.78, 5) is 10.6. The second kappa shape index (κ2) is 7.70. The normalized spacial score (nSPS) is 20.6. The van der Waals surface area contributed by atoms with E-state index in [1.54, 1.807) is 0 Å². The standard InChI is InChI=1S/C11H23N3O3S/c1-10(15)12-7-8-14-18(16,17)9-5-11-4-2-3-6-13-11/h11,13-14H,2-9H2,1H3,(H,12,15). The van der Waals surface area contributed by atoms with Gasteiger partial charge in [0.15, 0.2) is 0 Å². The summed E-state index contributed by atoms with van der Waals surface area (Å²) in [6.45, 7) is 2.97. The van der Waals surface area contributed by atoms with E-state index >= 15 is 0 Å². The molecule has 1 heterocycles. The number of nitrogens with one attached hydrogen (secondary N) is 3. The molecule has 1 aliphatic heterocycles. The molecule has 0 spiro atoms. The SMILES string of the molecule is CC(=O)NCCNS(=O)(=O)CCC1CCCCN1. The van der Waals surface area contributed by atoms with Crippen LogP contribution >= 0.6 is 0 Å². The Balaban J connectivity index is 2.16. The highest BCUT2D eigenvalue weighted by atomic mass is 32.2. The molecule has 1 fully saturated rings. The predicted molar refractivity (Wildman–Crippen MR) is 70.7 cm³/mol. The Kier molecular flexibility index (Phi) is 6.59. The van der Waals surface area contributed by atoms with Crippen molar-refractivity contribution >= 4 is 15.9 Å². The third kappa shape index (κ3) is 6.93. The van der Waals surface area contributed by atoms with Crippen molar-refractivity contribution in [3.8, 4) is 0 Å². The molecule has 0 saturated carbocycles. The topological polar surface area (TPSA) is 87.3 Å². The Bertz CT molecular complexity index is 351. The molecule has 0 bridgehead atoms. The van der Waals surface area contributed by atoms with E-state index in [0.29, 0.717) is 19.0 Å². The summed E-state index contributed by atoms with van der Waals surface area (Å²) < 4.78 is 25.8. The molecule has 1 saturated heterocycles. The van der Waals surface area contributed by atoms with Crippen LogP contribution in [0.2, 0.25) is 0 Å². The van der Waals surface area contributed by atoms with Gasteiger partial charge in [-0.05, 0) is 25.8 Å². The first-order valence-electron chi connectivity index (χ1n) is 6.45. The van der Waals surface area contributed by atoms with E-state index in [9.17, 15) is 13.2 Å². The molecule has 0 radical (unpaired) electrons. The van der Waals surface area contributed by atoms with Gasteiger partial charge in [-0.3, -0.25) is 4.79 Å². The monoisotopic (exact) mass is 277 g/mol. The highest BCUT2D eigenvalue weighted by Crippen LogP contribution is 2.10. The fourth-order valence-electron chi connectivity index (χ4n) is 1.99. The van der Waals surface area contributed by atoms with Crippen molar-refractivity contribution in [2.75, 3.05) is 25.4 Å². The molecule has 0 aromatic carbocycles. The second-order valence-electron chi connectivity index (χ2n) is 4.63. The number of carbonyl (C=O) groups is 1. The smallest absolute Gasteiger partial charge is 0.216 e. The van der Waals surface area contributed by atoms with Gasteiger partial charge in [0.2, 0.25) is 15.9 Å². The Labute approximate surface area is 109 Å². The van der Waals surface area contributed by atoms with E-state index < -0.39 is 10.0 Å². The highest BCUT2D eigenvalue weighted by Gasteiger charge is 2.16. The highest BCUT2D eigenvalue weighted by molar-refractivity contribution is 7.89. The molecule has 1 aliphatic rings. The fourth-order valence-corrected chi connectivity index (χ4v) is 3.14. The maximum absolute atomic E-state index is 11.7. The summed E-state index contributed by atoms with van der Waals surface area (Å²) in [5.41, 5.74) is 0. The Morgan fingerprint density at radius 3 is 2.72 bits per heavy atom. The molecule has 1 rings (SSSR count). The first-order valence-corrected chi connectivity index (χ1v) is 8.10. The third-order valence-corrected chi connectivity index (χ3v) is 4.39. The third-order valence-electron chi connectivity index (χ3n) is 2.97. The van der Waals surface area contributed by atoms with Crippen molar-refractivity contribution in [3.05, 3.63) is 0 Å². The van der Waals surface area contributed by atoms with Crippen LogP contribution in [0, 0.1) is 0 Å². The van der Waals surface area contributed by atoms with Gasteiger partial charge in [0.25, 0.3) is 0 Å². The van der Waals surface area contributed by atoms with Crippen molar-refractivity contribution in [2.45, 2.75) is 38.6 Å².